The van der Waals surface area contributed by atoms with Crippen molar-refractivity contribution in [3.05, 3.63) is 35.9 Å². The smallest absolute Gasteiger partial charge is 0.320 e. The molecule has 0 saturated carbocycles. The maximum absolute atomic E-state index is 12.6. The standard InChI is InChI=1S/C26H38N4O4/c1-4-10-27-11-13-28(19-23(2)31)15-16-29(20-24(3)32)17-18-30(14-12-27)21-26(33)34-22-25-8-6-5-7-9-25/h1,5-9H,10-22H2,2-3H3. The lowest BCUT2D eigenvalue weighted by Gasteiger charge is -2.33. The molecule has 0 radical (unpaired) electrons. The average Bonchev–Trinajstić information content (AvgIpc) is 2.79. The fourth-order valence-electron chi connectivity index (χ4n) is 3.94. The van der Waals surface area contributed by atoms with Crippen LogP contribution in [0.2, 0.25) is 0 Å². The fourth-order valence-corrected chi connectivity index (χ4v) is 3.94. The van der Waals surface area contributed by atoms with Crippen LogP contribution in [0.5, 0.6) is 0 Å². The average molecular weight is 471 g/mol. The van der Waals surface area contributed by atoms with Crippen LogP contribution in [0, 0.1) is 12.3 Å². The van der Waals surface area contributed by atoms with Crippen LogP contribution in [-0.2, 0) is 25.7 Å². The van der Waals surface area contributed by atoms with Crippen LogP contribution in [0.15, 0.2) is 30.3 Å². The van der Waals surface area contributed by atoms with Crippen molar-refractivity contribution in [2.45, 2.75) is 20.5 Å². The highest BCUT2D eigenvalue weighted by molar-refractivity contribution is 5.78. The van der Waals surface area contributed by atoms with E-state index in [9.17, 15) is 14.4 Å². The first-order chi connectivity index (χ1) is 16.4. The highest BCUT2D eigenvalue weighted by Gasteiger charge is 2.19. The van der Waals surface area contributed by atoms with E-state index in [0.717, 1.165) is 12.1 Å². The van der Waals surface area contributed by atoms with Crippen LogP contribution in [0.3, 0.4) is 0 Å². The molecular formula is C26H38N4O4. The molecule has 8 nitrogen and oxygen atoms in total. The van der Waals surface area contributed by atoms with Crippen LogP contribution in [0.25, 0.3) is 0 Å². The summed E-state index contributed by atoms with van der Waals surface area (Å²) in [4.78, 5) is 44.6. The van der Waals surface area contributed by atoms with Gasteiger partial charge in [-0.2, -0.15) is 0 Å². The first-order valence-electron chi connectivity index (χ1n) is 11.9. The second-order valence-corrected chi connectivity index (χ2v) is 8.86. The largest absolute Gasteiger partial charge is 0.460 e. The molecule has 34 heavy (non-hydrogen) atoms. The molecule has 0 atom stereocenters. The molecular weight excluding hydrogens is 432 g/mol. The third-order valence-corrected chi connectivity index (χ3v) is 5.73. The summed E-state index contributed by atoms with van der Waals surface area (Å²) < 4.78 is 5.49. The molecule has 1 aromatic rings. The Hall–Kier alpha value is -2.57. The zero-order valence-corrected chi connectivity index (χ0v) is 20.6. The van der Waals surface area contributed by atoms with Gasteiger partial charge >= 0.3 is 5.97 Å². The van der Waals surface area contributed by atoms with Crippen LogP contribution in [0.4, 0.5) is 0 Å². The summed E-state index contributed by atoms with van der Waals surface area (Å²) in [6.45, 7) is 10.3. The Kier molecular flexibility index (Phi) is 12.5. The zero-order valence-electron chi connectivity index (χ0n) is 20.6. The topological polar surface area (TPSA) is 73.4 Å². The van der Waals surface area contributed by atoms with Crippen molar-refractivity contribution in [1.82, 2.24) is 19.6 Å². The van der Waals surface area contributed by atoms with E-state index in [1.165, 1.54) is 0 Å². The Bertz CT molecular complexity index is 824. The van der Waals surface area contributed by atoms with Gasteiger partial charge in [-0.3, -0.25) is 34.0 Å². The Morgan fingerprint density at radius 3 is 1.65 bits per heavy atom. The van der Waals surface area contributed by atoms with E-state index in [4.69, 9.17) is 11.2 Å². The number of hydrogen-bond donors (Lipinski definition) is 0. The van der Waals surface area contributed by atoms with Gasteiger partial charge in [-0.25, -0.2) is 0 Å². The number of carbonyl (C=O) groups excluding carboxylic acids is 3. The molecule has 1 fully saturated rings. The van der Waals surface area contributed by atoms with E-state index < -0.39 is 0 Å². The lowest BCUT2D eigenvalue weighted by molar-refractivity contribution is -0.146. The molecule has 1 aromatic carbocycles. The monoisotopic (exact) mass is 470 g/mol. The lowest BCUT2D eigenvalue weighted by atomic mass is 10.2. The van der Waals surface area contributed by atoms with Gasteiger partial charge in [-0.15, -0.1) is 6.42 Å². The number of terminal acetylenes is 1. The lowest BCUT2D eigenvalue weighted by Crippen LogP contribution is -2.48. The van der Waals surface area contributed by atoms with Gasteiger partial charge in [0.05, 0.1) is 26.2 Å². The highest BCUT2D eigenvalue weighted by atomic mass is 16.5. The van der Waals surface area contributed by atoms with Gasteiger partial charge in [0.2, 0.25) is 0 Å². The van der Waals surface area contributed by atoms with E-state index in [1.54, 1.807) is 13.8 Å². The minimum atomic E-state index is -0.273. The van der Waals surface area contributed by atoms with E-state index in [0.29, 0.717) is 65.4 Å². The van der Waals surface area contributed by atoms with Gasteiger partial charge in [0, 0.05) is 52.4 Å². The molecule has 0 bridgehead atoms. The third kappa shape index (κ3) is 11.5. The van der Waals surface area contributed by atoms with Gasteiger partial charge < -0.3 is 4.74 Å². The maximum Gasteiger partial charge on any atom is 0.320 e. The number of hydrogen-bond acceptors (Lipinski definition) is 8. The number of Topliss-reactive ketones (excluding diaryl/α,β-unsaturated/α-hetero) is 2. The molecule has 0 amide bonds. The number of ketones is 2. The van der Waals surface area contributed by atoms with Crippen molar-refractivity contribution in [1.29, 1.82) is 0 Å². The highest BCUT2D eigenvalue weighted by Crippen LogP contribution is 2.04. The molecule has 0 unspecified atom stereocenters. The molecule has 1 aliphatic rings. The Morgan fingerprint density at radius 2 is 1.21 bits per heavy atom. The predicted octanol–water partition coefficient (Wildman–Crippen LogP) is 0.763. The molecule has 1 aliphatic heterocycles. The first kappa shape index (κ1) is 27.7. The summed E-state index contributed by atoms with van der Waals surface area (Å²) in [6.07, 6.45) is 5.58. The summed E-state index contributed by atoms with van der Waals surface area (Å²) in [6, 6.07) is 9.62. The van der Waals surface area contributed by atoms with Crippen LogP contribution in [0.1, 0.15) is 19.4 Å². The summed E-state index contributed by atoms with van der Waals surface area (Å²) >= 11 is 0. The molecule has 186 valence electrons. The summed E-state index contributed by atoms with van der Waals surface area (Å²) in [5.41, 5.74) is 0.951. The number of benzene rings is 1. The van der Waals surface area contributed by atoms with Crippen molar-refractivity contribution in [2.24, 2.45) is 0 Å². The van der Waals surface area contributed by atoms with Crippen LogP contribution >= 0.6 is 0 Å². The molecule has 0 spiro atoms. The Balaban J connectivity index is 2.03. The number of rotatable bonds is 9. The summed E-state index contributed by atoms with van der Waals surface area (Å²) in [7, 11) is 0. The molecule has 1 saturated heterocycles. The molecule has 8 heteroatoms. The van der Waals surface area contributed by atoms with Crippen LogP contribution in [-0.4, -0.2) is 116 Å². The molecule has 0 aromatic heterocycles. The van der Waals surface area contributed by atoms with Gasteiger partial charge in [-0.05, 0) is 19.4 Å². The van der Waals surface area contributed by atoms with Gasteiger partial charge in [-0.1, -0.05) is 36.3 Å². The number of ether oxygens (including phenoxy) is 1. The van der Waals surface area contributed by atoms with Crippen LogP contribution < -0.4 is 0 Å². The number of esters is 1. The molecule has 0 aliphatic carbocycles. The normalized spacial score (nSPS) is 17.8. The predicted molar refractivity (Wildman–Crippen MR) is 132 cm³/mol. The fraction of sp³-hybridized carbons (Fsp3) is 0.577. The third-order valence-electron chi connectivity index (χ3n) is 5.73. The second kappa shape index (κ2) is 15.4. The Labute approximate surface area is 203 Å². The quantitative estimate of drug-likeness (QED) is 0.387. The SMILES string of the molecule is C#CCN1CCN(CC(C)=O)CCN(CC(C)=O)CCN(CC(=O)OCc2ccccc2)CC1. The van der Waals surface area contributed by atoms with Crippen molar-refractivity contribution in [2.75, 3.05) is 78.5 Å². The van der Waals surface area contributed by atoms with Crippen molar-refractivity contribution in [3.8, 4) is 12.3 Å². The molecule has 1 heterocycles. The zero-order chi connectivity index (χ0) is 24.8. The number of nitrogens with zero attached hydrogens (tertiary/aromatic N) is 4. The number of carbonyl (C=O) groups is 3. The van der Waals surface area contributed by atoms with Crippen molar-refractivity contribution >= 4 is 17.5 Å². The Morgan fingerprint density at radius 1 is 0.765 bits per heavy atom. The van der Waals surface area contributed by atoms with Crippen molar-refractivity contribution in [3.63, 3.8) is 0 Å². The summed E-state index contributed by atoms with van der Waals surface area (Å²) in [5.74, 6) is 2.66. The second-order valence-electron chi connectivity index (χ2n) is 8.86. The minimum absolute atomic E-state index is 0.0965. The van der Waals surface area contributed by atoms with E-state index in [-0.39, 0.29) is 30.7 Å². The minimum Gasteiger partial charge on any atom is -0.460 e. The van der Waals surface area contributed by atoms with Gasteiger partial charge in [0.1, 0.15) is 18.2 Å². The van der Waals surface area contributed by atoms with E-state index in [1.807, 2.05) is 30.3 Å². The molecule has 2 rings (SSSR count). The summed E-state index contributed by atoms with van der Waals surface area (Å²) in [5, 5.41) is 0. The van der Waals surface area contributed by atoms with Gasteiger partial charge in [0.25, 0.3) is 0 Å². The van der Waals surface area contributed by atoms with E-state index >= 15 is 0 Å². The van der Waals surface area contributed by atoms with Gasteiger partial charge in [0.15, 0.2) is 0 Å². The maximum atomic E-state index is 12.6. The van der Waals surface area contributed by atoms with Crippen molar-refractivity contribution < 1.29 is 19.1 Å². The van der Waals surface area contributed by atoms with E-state index in [2.05, 4.69) is 25.5 Å². The first-order valence-corrected chi connectivity index (χ1v) is 11.9. The molecule has 0 N–H and O–H groups in total.